The Morgan fingerprint density at radius 1 is 1.30 bits per heavy atom. The van der Waals surface area contributed by atoms with Gasteiger partial charge in [0.1, 0.15) is 5.83 Å². The summed E-state index contributed by atoms with van der Waals surface area (Å²) in [5.41, 5.74) is 0. The molecule has 2 unspecified atom stereocenters. The van der Waals surface area contributed by atoms with Gasteiger partial charge >= 0.3 is 0 Å². The molecule has 0 saturated heterocycles. The van der Waals surface area contributed by atoms with E-state index in [9.17, 15) is 8.78 Å². The van der Waals surface area contributed by atoms with Crippen molar-refractivity contribution in [1.82, 2.24) is 0 Å². The Morgan fingerprint density at radius 2 is 1.90 bits per heavy atom. The van der Waals surface area contributed by atoms with Gasteiger partial charge < -0.3 is 0 Å². The Bertz CT molecular complexity index is 191. The van der Waals surface area contributed by atoms with E-state index in [0.29, 0.717) is 0 Å². The molecule has 0 N–H and O–H groups in total. The normalized spacial score (nSPS) is 33.2. The van der Waals surface area contributed by atoms with E-state index in [2.05, 4.69) is 0 Å². The minimum Gasteiger partial charge on any atom is -0.208 e. The third-order valence-corrected chi connectivity index (χ3v) is 1.96. The summed E-state index contributed by atoms with van der Waals surface area (Å²) >= 11 is 0. The molecule has 1 rings (SSSR count). The molecule has 0 aromatic rings. The topological polar surface area (TPSA) is 0 Å². The van der Waals surface area contributed by atoms with Crippen LogP contribution in [-0.2, 0) is 0 Å². The summed E-state index contributed by atoms with van der Waals surface area (Å²) in [4.78, 5) is 0. The zero-order valence-corrected chi connectivity index (χ0v) is 6.07. The number of hydrogen-bond donors (Lipinski definition) is 0. The largest absolute Gasteiger partial charge is 0.208 e. The number of allylic oxidation sites excluding steroid dienone is 4. The molecule has 0 fully saturated rings. The molecular weight excluding hydrogens is 134 g/mol. The molecule has 0 radical (unpaired) electrons. The van der Waals surface area contributed by atoms with Crippen molar-refractivity contribution in [1.29, 1.82) is 0 Å². The molecule has 2 heteroatoms. The summed E-state index contributed by atoms with van der Waals surface area (Å²) in [5, 5.41) is 0. The minimum absolute atomic E-state index is 0.111. The van der Waals surface area contributed by atoms with E-state index < -0.39 is 11.7 Å². The van der Waals surface area contributed by atoms with Gasteiger partial charge in [0.15, 0.2) is 5.83 Å². The first kappa shape index (κ1) is 7.45. The third kappa shape index (κ3) is 1.11. The number of halogens is 2. The van der Waals surface area contributed by atoms with Crippen LogP contribution in [0.25, 0.3) is 0 Å². The van der Waals surface area contributed by atoms with Crippen LogP contribution in [0.1, 0.15) is 13.8 Å². The van der Waals surface area contributed by atoms with Gasteiger partial charge in [0.05, 0.1) is 0 Å². The molecule has 0 saturated carbocycles. The van der Waals surface area contributed by atoms with E-state index in [1.54, 1.807) is 13.0 Å². The van der Waals surface area contributed by atoms with Crippen molar-refractivity contribution in [3.8, 4) is 0 Å². The van der Waals surface area contributed by atoms with Crippen molar-refractivity contribution in [2.75, 3.05) is 0 Å². The summed E-state index contributed by atoms with van der Waals surface area (Å²) in [6.45, 7) is 3.55. The van der Waals surface area contributed by atoms with E-state index in [-0.39, 0.29) is 11.8 Å². The van der Waals surface area contributed by atoms with Gasteiger partial charge in [0, 0.05) is 5.92 Å². The molecule has 0 heterocycles. The fourth-order valence-corrected chi connectivity index (χ4v) is 0.931. The van der Waals surface area contributed by atoms with Crippen molar-refractivity contribution < 1.29 is 8.78 Å². The molecule has 2 atom stereocenters. The zero-order valence-electron chi connectivity index (χ0n) is 6.07. The highest BCUT2D eigenvalue weighted by atomic mass is 19.2. The van der Waals surface area contributed by atoms with E-state index in [4.69, 9.17) is 0 Å². The molecule has 0 aromatic carbocycles. The highest BCUT2D eigenvalue weighted by molar-refractivity contribution is 5.23. The lowest BCUT2D eigenvalue weighted by Gasteiger charge is -2.17. The van der Waals surface area contributed by atoms with E-state index in [0.717, 1.165) is 0 Å². The predicted molar refractivity (Wildman–Crippen MR) is 36.7 cm³/mol. The summed E-state index contributed by atoms with van der Waals surface area (Å²) < 4.78 is 25.1. The Labute approximate surface area is 59.2 Å². The molecule has 0 aromatic heterocycles. The summed E-state index contributed by atoms with van der Waals surface area (Å²) in [6.07, 6.45) is 2.88. The van der Waals surface area contributed by atoms with Crippen LogP contribution in [0.4, 0.5) is 8.78 Å². The Balaban J connectivity index is 2.88. The highest BCUT2D eigenvalue weighted by Gasteiger charge is 2.21. The number of rotatable bonds is 0. The molecule has 0 bridgehead atoms. The molecule has 0 spiro atoms. The van der Waals surface area contributed by atoms with Crippen LogP contribution in [-0.4, -0.2) is 0 Å². The van der Waals surface area contributed by atoms with Crippen molar-refractivity contribution in [3.05, 3.63) is 23.8 Å². The average molecular weight is 144 g/mol. The lowest BCUT2D eigenvalue weighted by molar-refractivity contribution is 0.386. The highest BCUT2D eigenvalue weighted by Crippen LogP contribution is 2.30. The molecule has 10 heavy (non-hydrogen) atoms. The maximum Gasteiger partial charge on any atom is 0.154 e. The van der Waals surface area contributed by atoms with Crippen LogP contribution in [0, 0.1) is 11.8 Å². The van der Waals surface area contributed by atoms with E-state index in [1.165, 1.54) is 6.08 Å². The van der Waals surface area contributed by atoms with Gasteiger partial charge in [0.25, 0.3) is 0 Å². The second-order valence-electron chi connectivity index (χ2n) is 2.70. The van der Waals surface area contributed by atoms with Crippen molar-refractivity contribution in [3.63, 3.8) is 0 Å². The summed E-state index contributed by atoms with van der Waals surface area (Å²) in [6, 6.07) is 0. The van der Waals surface area contributed by atoms with Gasteiger partial charge in [0.2, 0.25) is 0 Å². The molecule has 1 aliphatic rings. The standard InChI is InChI=1S/C8H10F2/c1-5-3-4-7(9)8(10)6(5)2/h3-6H,1-2H3. The maximum atomic E-state index is 12.7. The number of hydrogen-bond acceptors (Lipinski definition) is 0. The lowest BCUT2D eigenvalue weighted by atomic mass is 9.90. The Morgan fingerprint density at radius 3 is 2.40 bits per heavy atom. The third-order valence-electron chi connectivity index (χ3n) is 1.96. The lowest BCUT2D eigenvalue weighted by Crippen LogP contribution is -2.10. The van der Waals surface area contributed by atoms with Gasteiger partial charge in [-0.05, 0) is 12.0 Å². The van der Waals surface area contributed by atoms with Gasteiger partial charge in [-0.2, -0.15) is 0 Å². The second kappa shape index (κ2) is 2.52. The fourth-order valence-electron chi connectivity index (χ4n) is 0.931. The van der Waals surface area contributed by atoms with Crippen LogP contribution < -0.4 is 0 Å². The van der Waals surface area contributed by atoms with Crippen LogP contribution >= 0.6 is 0 Å². The van der Waals surface area contributed by atoms with E-state index >= 15 is 0 Å². The molecule has 0 amide bonds. The van der Waals surface area contributed by atoms with Gasteiger partial charge in [-0.1, -0.05) is 19.9 Å². The minimum atomic E-state index is -0.717. The van der Waals surface area contributed by atoms with Crippen LogP contribution in [0.15, 0.2) is 23.8 Å². The summed E-state index contributed by atoms with van der Waals surface area (Å²) in [5.74, 6) is -1.52. The van der Waals surface area contributed by atoms with Crippen molar-refractivity contribution in [2.24, 2.45) is 11.8 Å². The molecule has 0 aliphatic heterocycles. The first-order chi connectivity index (χ1) is 4.63. The zero-order chi connectivity index (χ0) is 7.72. The monoisotopic (exact) mass is 144 g/mol. The second-order valence-corrected chi connectivity index (χ2v) is 2.70. The molecular formula is C8H10F2. The van der Waals surface area contributed by atoms with Crippen LogP contribution in [0.3, 0.4) is 0 Å². The average Bonchev–Trinajstić information content (AvgIpc) is 1.93. The van der Waals surface area contributed by atoms with Crippen LogP contribution in [0.5, 0.6) is 0 Å². The Kier molecular flexibility index (Phi) is 1.88. The summed E-state index contributed by atoms with van der Waals surface area (Å²) in [7, 11) is 0. The first-order valence-electron chi connectivity index (χ1n) is 3.36. The van der Waals surface area contributed by atoms with Crippen molar-refractivity contribution >= 4 is 0 Å². The maximum absolute atomic E-state index is 12.7. The molecule has 1 aliphatic carbocycles. The van der Waals surface area contributed by atoms with Gasteiger partial charge in [-0.3, -0.25) is 0 Å². The SMILES string of the molecule is CC1C=CC(F)=C(F)C1C. The first-order valence-corrected chi connectivity index (χ1v) is 3.36. The quantitative estimate of drug-likeness (QED) is 0.490. The van der Waals surface area contributed by atoms with Gasteiger partial charge in [-0.15, -0.1) is 0 Å². The smallest absolute Gasteiger partial charge is 0.154 e. The molecule has 56 valence electrons. The predicted octanol–water partition coefficient (Wildman–Crippen LogP) is 2.98. The van der Waals surface area contributed by atoms with E-state index in [1.807, 2.05) is 6.92 Å². The van der Waals surface area contributed by atoms with Crippen LogP contribution in [0.2, 0.25) is 0 Å². The Hall–Kier alpha value is -0.660. The fraction of sp³-hybridized carbons (Fsp3) is 0.500. The van der Waals surface area contributed by atoms with Gasteiger partial charge in [-0.25, -0.2) is 8.78 Å². The van der Waals surface area contributed by atoms with Crippen molar-refractivity contribution in [2.45, 2.75) is 13.8 Å². The molecule has 0 nitrogen and oxygen atoms in total.